The van der Waals surface area contributed by atoms with Crippen molar-refractivity contribution in [3.63, 3.8) is 0 Å². The summed E-state index contributed by atoms with van der Waals surface area (Å²) in [5.74, 6) is 1.45. The normalized spacial score (nSPS) is 19.4. The highest BCUT2D eigenvalue weighted by molar-refractivity contribution is 7.91. The molecule has 1 saturated heterocycles. The molecule has 0 bridgehead atoms. The van der Waals surface area contributed by atoms with Crippen LogP contribution in [0.3, 0.4) is 0 Å². The first kappa shape index (κ1) is 19.8. The van der Waals surface area contributed by atoms with Crippen molar-refractivity contribution in [1.82, 2.24) is 4.90 Å². The topological polar surface area (TPSA) is 63.7 Å². The number of hydrogen-bond acceptors (Lipinski definition) is 4. The van der Waals surface area contributed by atoms with Crippen molar-refractivity contribution >= 4 is 15.7 Å². The summed E-state index contributed by atoms with van der Waals surface area (Å²) in [6.07, 6.45) is 0.518. The van der Waals surface area contributed by atoms with E-state index < -0.39 is 9.84 Å². The van der Waals surface area contributed by atoms with Gasteiger partial charge >= 0.3 is 0 Å². The van der Waals surface area contributed by atoms with Crippen molar-refractivity contribution in [3.8, 4) is 5.75 Å². The zero-order valence-electron chi connectivity index (χ0n) is 15.6. The van der Waals surface area contributed by atoms with Crippen LogP contribution in [-0.2, 0) is 14.6 Å². The molecule has 0 spiro atoms. The number of nitrogens with zero attached hydrogens (tertiary/aromatic N) is 1. The number of carbonyl (C=O) groups excluding carboxylic acids is 1. The van der Waals surface area contributed by atoms with Gasteiger partial charge in [0.1, 0.15) is 5.75 Å². The van der Waals surface area contributed by atoms with E-state index in [2.05, 4.69) is 13.8 Å². The quantitative estimate of drug-likeness (QED) is 0.743. The third-order valence-electron chi connectivity index (χ3n) is 4.44. The third kappa shape index (κ3) is 5.73. The van der Waals surface area contributed by atoms with Crippen LogP contribution < -0.4 is 4.74 Å². The Morgan fingerprint density at radius 1 is 1.20 bits per heavy atom. The van der Waals surface area contributed by atoms with E-state index in [0.717, 1.165) is 0 Å². The Morgan fingerprint density at radius 2 is 1.84 bits per heavy atom. The van der Waals surface area contributed by atoms with E-state index in [4.69, 9.17) is 4.74 Å². The van der Waals surface area contributed by atoms with Crippen molar-refractivity contribution in [3.05, 3.63) is 29.8 Å². The molecule has 1 aliphatic rings. The molecular weight excluding hydrogens is 338 g/mol. The van der Waals surface area contributed by atoms with Gasteiger partial charge in [0, 0.05) is 12.6 Å². The minimum absolute atomic E-state index is 0.0640. The second-order valence-corrected chi connectivity index (χ2v) is 9.74. The highest BCUT2D eigenvalue weighted by atomic mass is 32.2. The van der Waals surface area contributed by atoms with Crippen molar-refractivity contribution in [2.75, 3.05) is 24.7 Å². The Labute approximate surface area is 151 Å². The van der Waals surface area contributed by atoms with E-state index in [0.29, 0.717) is 24.6 Å². The summed E-state index contributed by atoms with van der Waals surface area (Å²) < 4.78 is 29.1. The predicted molar refractivity (Wildman–Crippen MR) is 99.6 cm³/mol. The zero-order valence-corrected chi connectivity index (χ0v) is 16.4. The van der Waals surface area contributed by atoms with E-state index in [1.54, 1.807) is 4.90 Å². The van der Waals surface area contributed by atoms with Crippen molar-refractivity contribution in [1.29, 1.82) is 0 Å². The van der Waals surface area contributed by atoms with E-state index in [1.165, 1.54) is 5.56 Å². The van der Waals surface area contributed by atoms with E-state index in [9.17, 15) is 13.2 Å². The Kier molecular flexibility index (Phi) is 6.49. The lowest BCUT2D eigenvalue weighted by atomic mass is 10.0. The standard InChI is InChI=1S/C19H29NO4S/c1-14(2)11-20(17-9-10-25(22,23)13-17)19(21)12-24-18-7-5-16(6-8-18)15(3)4/h5-8,14-15,17H,9-13H2,1-4H3/t17-/m0/s1. The molecule has 0 radical (unpaired) electrons. The number of benzene rings is 1. The number of amides is 1. The molecule has 1 aromatic rings. The van der Waals surface area contributed by atoms with E-state index in [1.807, 2.05) is 38.1 Å². The molecule has 1 aliphatic heterocycles. The average Bonchev–Trinajstić information content (AvgIpc) is 2.90. The molecule has 0 saturated carbocycles. The fraction of sp³-hybridized carbons (Fsp3) is 0.632. The smallest absolute Gasteiger partial charge is 0.260 e. The van der Waals surface area contributed by atoms with Crippen molar-refractivity contribution < 1.29 is 17.9 Å². The lowest BCUT2D eigenvalue weighted by Gasteiger charge is -2.30. The SMILES string of the molecule is CC(C)CN(C(=O)COc1ccc(C(C)C)cc1)[C@H]1CCS(=O)(=O)C1. The lowest BCUT2D eigenvalue weighted by Crippen LogP contribution is -2.45. The molecule has 1 heterocycles. The number of rotatable bonds is 7. The molecule has 1 fully saturated rings. The van der Waals surface area contributed by atoms with Gasteiger partial charge in [0.15, 0.2) is 16.4 Å². The van der Waals surface area contributed by atoms with Gasteiger partial charge in [-0.1, -0.05) is 39.8 Å². The maximum absolute atomic E-state index is 12.6. The molecule has 0 aromatic heterocycles. The monoisotopic (exact) mass is 367 g/mol. The van der Waals surface area contributed by atoms with Crippen LogP contribution in [0.5, 0.6) is 5.75 Å². The first-order valence-corrected chi connectivity index (χ1v) is 10.7. The van der Waals surface area contributed by atoms with Crippen LogP contribution in [0.15, 0.2) is 24.3 Å². The second kappa shape index (κ2) is 8.21. The van der Waals surface area contributed by atoms with Crippen LogP contribution in [0.25, 0.3) is 0 Å². The Bertz CT molecular complexity index is 680. The van der Waals surface area contributed by atoms with Gasteiger partial charge in [-0.05, 0) is 36.0 Å². The van der Waals surface area contributed by atoms with Crippen LogP contribution >= 0.6 is 0 Å². The van der Waals surface area contributed by atoms with Gasteiger partial charge in [-0.2, -0.15) is 0 Å². The van der Waals surface area contributed by atoms with Crippen LogP contribution in [-0.4, -0.2) is 49.9 Å². The summed E-state index contributed by atoms with van der Waals surface area (Å²) in [6.45, 7) is 8.78. The van der Waals surface area contributed by atoms with Gasteiger partial charge in [-0.25, -0.2) is 8.42 Å². The van der Waals surface area contributed by atoms with E-state index >= 15 is 0 Å². The molecular formula is C19H29NO4S. The molecule has 1 amide bonds. The largest absolute Gasteiger partial charge is 0.484 e. The second-order valence-electron chi connectivity index (χ2n) is 7.51. The summed E-state index contributed by atoms with van der Waals surface area (Å²) in [7, 11) is -3.02. The molecule has 25 heavy (non-hydrogen) atoms. The Balaban J connectivity index is 1.99. The van der Waals surface area contributed by atoms with Crippen LogP contribution in [0.1, 0.15) is 45.6 Å². The summed E-state index contributed by atoms with van der Waals surface area (Å²) in [4.78, 5) is 14.3. The van der Waals surface area contributed by atoms with Crippen LogP contribution in [0.2, 0.25) is 0 Å². The summed E-state index contributed by atoms with van der Waals surface area (Å²) in [5.41, 5.74) is 1.22. The van der Waals surface area contributed by atoms with Crippen molar-refractivity contribution in [2.45, 2.75) is 46.1 Å². The molecule has 0 unspecified atom stereocenters. The number of carbonyl (C=O) groups is 1. The Morgan fingerprint density at radius 3 is 2.32 bits per heavy atom. The van der Waals surface area contributed by atoms with Crippen LogP contribution in [0.4, 0.5) is 0 Å². The van der Waals surface area contributed by atoms with Crippen LogP contribution in [0, 0.1) is 5.92 Å². The zero-order chi connectivity index (χ0) is 18.6. The molecule has 0 aliphatic carbocycles. The summed E-state index contributed by atoms with van der Waals surface area (Å²) in [5, 5.41) is 0. The molecule has 0 N–H and O–H groups in total. The average molecular weight is 368 g/mol. The molecule has 1 aromatic carbocycles. The predicted octanol–water partition coefficient (Wildman–Crippen LogP) is 2.86. The summed E-state index contributed by atoms with van der Waals surface area (Å²) in [6, 6.07) is 7.51. The highest BCUT2D eigenvalue weighted by Gasteiger charge is 2.34. The fourth-order valence-corrected chi connectivity index (χ4v) is 4.78. The molecule has 140 valence electrons. The number of hydrogen-bond donors (Lipinski definition) is 0. The molecule has 5 nitrogen and oxygen atoms in total. The van der Waals surface area contributed by atoms with Gasteiger partial charge in [0.25, 0.3) is 5.91 Å². The molecule has 6 heteroatoms. The Hall–Kier alpha value is -1.56. The number of sulfone groups is 1. The fourth-order valence-electron chi connectivity index (χ4n) is 3.05. The van der Waals surface area contributed by atoms with E-state index in [-0.39, 0.29) is 36.0 Å². The third-order valence-corrected chi connectivity index (χ3v) is 6.19. The molecule has 1 atom stereocenters. The van der Waals surface area contributed by atoms with Gasteiger partial charge in [-0.3, -0.25) is 4.79 Å². The van der Waals surface area contributed by atoms with Gasteiger partial charge in [0.2, 0.25) is 0 Å². The van der Waals surface area contributed by atoms with Gasteiger partial charge in [-0.15, -0.1) is 0 Å². The minimum Gasteiger partial charge on any atom is -0.484 e. The summed E-state index contributed by atoms with van der Waals surface area (Å²) >= 11 is 0. The number of ether oxygens (including phenoxy) is 1. The highest BCUT2D eigenvalue weighted by Crippen LogP contribution is 2.21. The first-order chi connectivity index (χ1) is 11.7. The maximum atomic E-state index is 12.6. The first-order valence-electron chi connectivity index (χ1n) is 8.90. The van der Waals surface area contributed by atoms with Gasteiger partial charge < -0.3 is 9.64 Å². The molecule has 2 rings (SSSR count). The van der Waals surface area contributed by atoms with Gasteiger partial charge in [0.05, 0.1) is 11.5 Å². The van der Waals surface area contributed by atoms with Crippen molar-refractivity contribution in [2.24, 2.45) is 5.92 Å². The maximum Gasteiger partial charge on any atom is 0.260 e. The lowest BCUT2D eigenvalue weighted by molar-refractivity contribution is -0.135. The minimum atomic E-state index is -3.02.